The van der Waals surface area contributed by atoms with E-state index in [1.165, 1.54) is 16.2 Å². The molecular weight excluding hydrogens is 384 g/mol. The number of carbonyl (C=O) groups is 1. The molecule has 2 atom stereocenters. The van der Waals surface area contributed by atoms with Gasteiger partial charge in [0.1, 0.15) is 5.54 Å². The molecule has 0 aliphatic carbocycles. The van der Waals surface area contributed by atoms with Gasteiger partial charge >= 0.3 is 0 Å². The Morgan fingerprint density at radius 2 is 2.15 bits per heavy atom. The molecule has 2 aromatic rings. The van der Waals surface area contributed by atoms with Crippen LogP contribution in [-0.2, 0) is 15.1 Å². The topological polar surface area (TPSA) is 89.2 Å². The third-order valence-corrected chi connectivity index (χ3v) is 5.98. The van der Waals surface area contributed by atoms with Crippen LogP contribution in [0.3, 0.4) is 0 Å². The Balaban J connectivity index is 2.03. The van der Waals surface area contributed by atoms with E-state index in [1.807, 2.05) is 25.3 Å². The molecule has 2 N–H and O–H groups in total. The molecule has 1 unspecified atom stereocenters. The molecular formula is C19H19ClN4O2S. The van der Waals surface area contributed by atoms with Crippen molar-refractivity contribution in [2.24, 2.45) is 0 Å². The molecule has 2 heterocycles. The molecule has 1 aromatic heterocycles. The molecule has 3 rings (SSSR count). The lowest BCUT2D eigenvalue weighted by Crippen LogP contribution is -2.67. The van der Waals surface area contributed by atoms with Crippen LogP contribution in [-0.4, -0.2) is 36.5 Å². The number of nitrogens with one attached hydrogen (secondary N) is 2. The fourth-order valence-electron chi connectivity index (χ4n) is 3.10. The minimum atomic E-state index is -0.865. The van der Waals surface area contributed by atoms with Gasteiger partial charge in [-0.25, -0.2) is 0 Å². The number of benzene rings is 1. The van der Waals surface area contributed by atoms with E-state index in [2.05, 4.69) is 11.4 Å². The molecule has 0 radical (unpaired) electrons. The Bertz CT molecular complexity index is 951. The van der Waals surface area contributed by atoms with Gasteiger partial charge in [-0.05, 0) is 54.6 Å². The van der Waals surface area contributed by atoms with Crippen molar-refractivity contribution in [2.75, 3.05) is 13.7 Å². The smallest absolute Gasteiger partial charge is 0.260 e. The fraction of sp³-hybridized carbons (Fsp3) is 0.316. The number of hydrogen-bond acceptors (Lipinski definition) is 5. The molecule has 0 spiro atoms. The number of thiophene rings is 1. The van der Waals surface area contributed by atoms with Gasteiger partial charge in [-0.15, -0.1) is 11.3 Å². The van der Waals surface area contributed by atoms with E-state index in [4.69, 9.17) is 27.0 Å². The van der Waals surface area contributed by atoms with Crippen LogP contribution < -0.4 is 5.32 Å². The zero-order valence-corrected chi connectivity index (χ0v) is 16.7. The molecule has 140 valence electrons. The summed E-state index contributed by atoms with van der Waals surface area (Å²) in [6.07, 6.45) is -0.748. The van der Waals surface area contributed by atoms with E-state index < -0.39 is 11.6 Å². The van der Waals surface area contributed by atoms with Crippen molar-refractivity contribution in [1.82, 2.24) is 10.2 Å². The van der Waals surface area contributed by atoms with E-state index in [0.717, 1.165) is 16.0 Å². The molecule has 1 saturated heterocycles. The van der Waals surface area contributed by atoms with Crippen LogP contribution in [0.2, 0.25) is 5.02 Å². The van der Waals surface area contributed by atoms with Crippen molar-refractivity contribution < 1.29 is 9.53 Å². The first-order valence-electron chi connectivity index (χ1n) is 8.36. The summed E-state index contributed by atoms with van der Waals surface area (Å²) in [5.41, 5.74) is 1.34. The SMILES string of the molecule is CCOC1C(=O)N(C)C(=N)N[C@]1(C)c1cc(-c2cc(Cl)cc(C#N)c2)cs1. The van der Waals surface area contributed by atoms with Crippen LogP contribution in [0.25, 0.3) is 11.1 Å². The van der Waals surface area contributed by atoms with E-state index in [-0.39, 0.29) is 11.9 Å². The third-order valence-electron chi connectivity index (χ3n) is 4.60. The summed E-state index contributed by atoms with van der Waals surface area (Å²) in [7, 11) is 1.55. The summed E-state index contributed by atoms with van der Waals surface area (Å²) >= 11 is 7.59. The molecule has 6 nitrogen and oxygen atoms in total. The van der Waals surface area contributed by atoms with Gasteiger partial charge in [-0.1, -0.05) is 11.6 Å². The van der Waals surface area contributed by atoms with Crippen molar-refractivity contribution >= 4 is 34.8 Å². The van der Waals surface area contributed by atoms with Gasteiger partial charge in [-0.3, -0.25) is 15.1 Å². The van der Waals surface area contributed by atoms with Crippen molar-refractivity contribution in [1.29, 1.82) is 10.7 Å². The second-order valence-electron chi connectivity index (χ2n) is 6.45. The van der Waals surface area contributed by atoms with Gasteiger partial charge in [-0.2, -0.15) is 5.26 Å². The highest BCUT2D eigenvalue weighted by Crippen LogP contribution is 2.38. The van der Waals surface area contributed by atoms with Gasteiger partial charge in [0.2, 0.25) is 0 Å². The summed E-state index contributed by atoms with van der Waals surface area (Å²) in [5, 5.41) is 22.8. The minimum Gasteiger partial charge on any atom is -0.366 e. The van der Waals surface area contributed by atoms with E-state index in [9.17, 15) is 4.79 Å². The number of ether oxygens (including phenoxy) is 1. The predicted molar refractivity (Wildman–Crippen MR) is 106 cm³/mol. The molecule has 1 amide bonds. The molecule has 27 heavy (non-hydrogen) atoms. The van der Waals surface area contributed by atoms with Crippen molar-refractivity contribution in [3.05, 3.63) is 45.1 Å². The standard InChI is InChI=1S/C19H19ClN4O2S/c1-4-26-16-17(25)24(3)18(22)23-19(16,2)15-8-13(10-27-15)12-5-11(9-21)6-14(20)7-12/h5-8,10,16H,4H2,1-3H3,(H2,22,23)/t16?,19-/m1/s1. The lowest BCUT2D eigenvalue weighted by Gasteiger charge is -2.44. The Labute approximate surface area is 166 Å². The van der Waals surface area contributed by atoms with Crippen LogP contribution in [0, 0.1) is 16.7 Å². The van der Waals surface area contributed by atoms with E-state index in [1.54, 1.807) is 25.2 Å². The highest BCUT2D eigenvalue weighted by atomic mass is 35.5. The lowest BCUT2D eigenvalue weighted by atomic mass is 9.88. The quantitative estimate of drug-likeness (QED) is 0.818. The second kappa shape index (κ2) is 7.31. The fourth-order valence-corrected chi connectivity index (χ4v) is 4.40. The summed E-state index contributed by atoms with van der Waals surface area (Å²) in [4.78, 5) is 14.8. The first-order chi connectivity index (χ1) is 12.8. The average Bonchev–Trinajstić information content (AvgIpc) is 3.14. The number of amides is 1. The molecule has 1 fully saturated rings. The van der Waals surface area contributed by atoms with Crippen LogP contribution in [0.15, 0.2) is 29.6 Å². The van der Waals surface area contributed by atoms with Gasteiger partial charge in [0.15, 0.2) is 12.1 Å². The summed E-state index contributed by atoms with van der Waals surface area (Å²) in [6.45, 7) is 4.08. The van der Waals surface area contributed by atoms with E-state index >= 15 is 0 Å². The minimum absolute atomic E-state index is 0.0305. The van der Waals surface area contributed by atoms with Crippen LogP contribution in [0.1, 0.15) is 24.3 Å². The van der Waals surface area contributed by atoms with Gasteiger partial charge in [0.25, 0.3) is 5.91 Å². The van der Waals surface area contributed by atoms with E-state index in [0.29, 0.717) is 17.2 Å². The normalized spacial score (nSPS) is 22.5. The predicted octanol–water partition coefficient (Wildman–Crippen LogP) is 3.56. The molecule has 1 aliphatic rings. The number of likely N-dealkylation sites (N-methyl/N-ethyl adjacent to an activating group) is 1. The van der Waals surface area contributed by atoms with Crippen molar-refractivity contribution in [3.8, 4) is 17.2 Å². The van der Waals surface area contributed by atoms with Crippen LogP contribution in [0.5, 0.6) is 0 Å². The Kier molecular flexibility index (Phi) is 5.24. The molecule has 0 saturated carbocycles. The highest BCUT2D eigenvalue weighted by molar-refractivity contribution is 7.10. The van der Waals surface area contributed by atoms with Gasteiger partial charge < -0.3 is 10.1 Å². The van der Waals surface area contributed by atoms with Crippen LogP contribution in [0.4, 0.5) is 0 Å². The number of hydrogen-bond donors (Lipinski definition) is 2. The largest absolute Gasteiger partial charge is 0.366 e. The number of carbonyl (C=O) groups excluding carboxylic acids is 1. The summed E-state index contributed by atoms with van der Waals surface area (Å²) < 4.78 is 5.75. The zero-order chi connectivity index (χ0) is 19.8. The Morgan fingerprint density at radius 1 is 1.41 bits per heavy atom. The van der Waals surface area contributed by atoms with Gasteiger partial charge in [0, 0.05) is 23.6 Å². The molecule has 0 bridgehead atoms. The highest BCUT2D eigenvalue weighted by Gasteiger charge is 2.49. The van der Waals surface area contributed by atoms with Gasteiger partial charge in [0.05, 0.1) is 11.6 Å². The maximum atomic E-state index is 12.7. The zero-order valence-electron chi connectivity index (χ0n) is 15.2. The number of rotatable bonds is 4. The maximum absolute atomic E-state index is 12.7. The first-order valence-corrected chi connectivity index (χ1v) is 9.62. The summed E-state index contributed by atoms with van der Waals surface area (Å²) in [5.74, 6) is -0.226. The maximum Gasteiger partial charge on any atom is 0.260 e. The molecule has 8 heteroatoms. The second-order valence-corrected chi connectivity index (χ2v) is 7.80. The Hall–Kier alpha value is -2.40. The molecule has 1 aromatic carbocycles. The van der Waals surface area contributed by atoms with Crippen molar-refractivity contribution in [3.63, 3.8) is 0 Å². The molecule has 1 aliphatic heterocycles. The lowest BCUT2D eigenvalue weighted by molar-refractivity contribution is -0.147. The number of nitrogens with zero attached hydrogens (tertiary/aromatic N) is 2. The number of nitriles is 1. The monoisotopic (exact) mass is 402 g/mol. The first kappa shape index (κ1) is 19.4. The van der Waals surface area contributed by atoms with Crippen molar-refractivity contribution in [2.45, 2.75) is 25.5 Å². The number of halogens is 1. The Morgan fingerprint density at radius 3 is 2.81 bits per heavy atom. The average molecular weight is 403 g/mol. The summed E-state index contributed by atoms with van der Waals surface area (Å²) in [6, 6.07) is 9.24. The third kappa shape index (κ3) is 3.44. The van der Waals surface area contributed by atoms with Crippen LogP contribution >= 0.6 is 22.9 Å². The number of guanidine groups is 1.